The molecule has 3 aliphatic rings. The number of imidazole rings is 1. The number of hydrogen-bond donors (Lipinski definition) is 2. The summed E-state index contributed by atoms with van der Waals surface area (Å²) in [6.07, 6.45) is -3.50. The number of piperazine rings is 1. The molecular weight excluding hydrogens is 671 g/mol. The molecule has 2 amide bonds. The fourth-order valence-electron chi connectivity index (χ4n) is 7.01. The van der Waals surface area contributed by atoms with E-state index in [-0.39, 0.29) is 50.0 Å². The lowest BCUT2D eigenvalue weighted by Crippen LogP contribution is -2.49. The molecule has 2 aliphatic heterocycles. The number of nitrogens with one attached hydrogen (secondary N) is 2. The maximum Gasteiger partial charge on any atom is 0.393 e. The van der Waals surface area contributed by atoms with Crippen LogP contribution in [-0.4, -0.2) is 112 Å². The fourth-order valence-corrected chi connectivity index (χ4v) is 7.01. The van der Waals surface area contributed by atoms with Crippen LogP contribution in [0.2, 0.25) is 0 Å². The Morgan fingerprint density at radius 1 is 1.14 bits per heavy atom. The van der Waals surface area contributed by atoms with E-state index in [9.17, 15) is 31.5 Å². The highest BCUT2D eigenvalue weighted by atomic mass is 19.4. The van der Waals surface area contributed by atoms with Crippen molar-refractivity contribution in [3.05, 3.63) is 29.0 Å². The van der Waals surface area contributed by atoms with Crippen LogP contribution in [0.15, 0.2) is 10.8 Å². The van der Waals surface area contributed by atoms with E-state index in [2.05, 4.69) is 25.8 Å². The smallest absolute Gasteiger partial charge is 0.383 e. The molecule has 2 saturated heterocycles. The number of piperidine rings is 1. The second kappa shape index (κ2) is 14.7. The second-order valence-electron chi connectivity index (χ2n) is 13.3. The molecule has 0 radical (unpaired) electrons. The topological polar surface area (TPSA) is 156 Å². The normalized spacial score (nSPS) is 22.9. The Morgan fingerprint density at radius 2 is 1.88 bits per heavy atom. The Balaban J connectivity index is 1.34. The van der Waals surface area contributed by atoms with Gasteiger partial charge in [0.1, 0.15) is 11.4 Å². The summed E-state index contributed by atoms with van der Waals surface area (Å²) >= 11 is 0. The predicted octanol–water partition coefficient (Wildman–Crippen LogP) is 2.99. The van der Waals surface area contributed by atoms with E-state index >= 15 is 0 Å². The third-order valence-electron chi connectivity index (χ3n) is 9.97. The number of fused-ring (bicyclic) bond motifs is 1. The summed E-state index contributed by atoms with van der Waals surface area (Å²) in [5, 5.41) is 17.6. The monoisotopic (exact) mass is 712 g/mol. The van der Waals surface area contributed by atoms with Crippen molar-refractivity contribution in [1.82, 2.24) is 45.4 Å². The molecule has 0 spiro atoms. The van der Waals surface area contributed by atoms with Gasteiger partial charge >= 0.3 is 6.18 Å². The minimum absolute atomic E-state index is 0.0178. The lowest BCUT2D eigenvalue weighted by atomic mass is 9.81. The number of aryl methyl sites for hydroxylation is 1. The number of alkyl halides is 5. The van der Waals surface area contributed by atoms with Gasteiger partial charge in [0, 0.05) is 71.6 Å². The number of rotatable bonds is 11. The number of carbonyl (C=O) groups excluding carboxylic acids is 2. The van der Waals surface area contributed by atoms with Gasteiger partial charge in [0.2, 0.25) is 11.8 Å². The van der Waals surface area contributed by atoms with E-state index in [0.717, 1.165) is 6.54 Å². The van der Waals surface area contributed by atoms with Crippen LogP contribution in [0.25, 0.3) is 5.78 Å². The maximum atomic E-state index is 14.2. The highest BCUT2D eigenvalue weighted by molar-refractivity contribution is 5.93. The number of amides is 2. The van der Waals surface area contributed by atoms with Gasteiger partial charge in [-0.3, -0.25) is 14.5 Å². The largest absolute Gasteiger partial charge is 0.393 e. The molecule has 0 bridgehead atoms. The number of methoxy groups -OCH3 is 1. The van der Waals surface area contributed by atoms with Gasteiger partial charge in [-0.15, -0.1) is 0 Å². The average molecular weight is 713 g/mol. The van der Waals surface area contributed by atoms with E-state index in [4.69, 9.17) is 24.4 Å². The van der Waals surface area contributed by atoms with Crippen LogP contribution in [0.4, 0.5) is 27.8 Å². The van der Waals surface area contributed by atoms with Gasteiger partial charge in [0.05, 0.1) is 30.5 Å². The molecule has 14 nitrogen and oxygen atoms in total. The van der Waals surface area contributed by atoms with Crippen molar-refractivity contribution in [1.29, 1.82) is 0 Å². The van der Waals surface area contributed by atoms with Crippen LogP contribution in [0.5, 0.6) is 0 Å². The summed E-state index contributed by atoms with van der Waals surface area (Å²) in [6, 6.07) is -0.823. The van der Waals surface area contributed by atoms with Crippen LogP contribution in [0.3, 0.4) is 0 Å². The third kappa shape index (κ3) is 7.98. The molecule has 3 aromatic heterocycles. The van der Waals surface area contributed by atoms with E-state index in [0.29, 0.717) is 62.1 Å². The van der Waals surface area contributed by atoms with Crippen molar-refractivity contribution in [3.8, 4) is 0 Å². The van der Waals surface area contributed by atoms with Crippen molar-refractivity contribution in [2.75, 3.05) is 57.9 Å². The molecule has 2 unspecified atom stereocenters. The molecule has 19 heteroatoms. The maximum absolute atomic E-state index is 14.2. The highest BCUT2D eigenvalue weighted by Crippen LogP contribution is 2.41. The van der Waals surface area contributed by atoms with Crippen LogP contribution in [-0.2, 0) is 22.4 Å². The number of halogens is 5. The molecule has 1 aliphatic carbocycles. The van der Waals surface area contributed by atoms with Crippen LogP contribution < -0.4 is 15.5 Å². The molecule has 5 heterocycles. The molecule has 6 rings (SSSR count). The fraction of sp³-hybridized carbons (Fsp3) is 0.710. The Hall–Kier alpha value is -4.00. The number of hydrogen-bond acceptors (Lipinski definition) is 11. The standard InChI is InChI=1S/C31H41F5N10O4/c1-3-21-25(43-50-42-21)28(48)39-24(18-4-6-30(32,33)7-5-18)23-17-46-29(38-23)40-26(45-10-8-44(9-11-45)12-13-49-2)22(41-46)15-19-14-20(31(34,35)36)16-37-27(19)47/h17-20,24H,3-16H2,1-2H3,(H,37,47)(H,39,48)/t19-,20?,24?/m1/s1. The summed E-state index contributed by atoms with van der Waals surface area (Å²) in [4.78, 5) is 40.0. The van der Waals surface area contributed by atoms with E-state index in [1.54, 1.807) is 14.0 Å². The van der Waals surface area contributed by atoms with Crippen LogP contribution >= 0.6 is 0 Å². The van der Waals surface area contributed by atoms with E-state index in [1.165, 1.54) is 10.7 Å². The van der Waals surface area contributed by atoms with Crippen LogP contribution in [0, 0.1) is 17.8 Å². The summed E-state index contributed by atoms with van der Waals surface area (Å²) in [7, 11) is 1.63. The Morgan fingerprint density at radius 3 is 2.56 bits per heavy atom. The lowest BCUT2D eigenvalue weighted by molar-refractivity contribution is -0.183. The van der Waals surface area contributed by atoms with Crippen molar-refractivity contribution in [3.63, 3.8) is 0 Å². The Kier molecular flexibility index (Phi) is 10.5. The quantitative estimate of drug-likeness (QED) is 0.282. The Bertz CT molecular complexity index is 1650. The van der Waals surface area contributed by atoms with Gasteiger partial charge in [0.25, 0.3) is 11.7 Å². The number of nitrogens with zero attached hydrogens (tertiary/aromatic N) is 8. The summed E-state index contributed by atoms with van der Waals surface area (Å²) < 4.78 is 80.8. The molecule has 2 N–H and O–H groups in total. The first-order valence-corrected chi connectivity index (χ1v) is 16.9. The lowest BCUT2D eigenvalue weighted by Gasteiger charge is -2.36. The molecule has 3 atom stereocenters. The minimum atomic E-state index is -4.47. The van der Waals surface area contributed by atoms with E-state index < -0.39 is 54.3 Å². The molecular formula is C31H41F5N10O4. The first kappa shape index (κ1) is 35.8. The zero-order valence-corrected chi connectivity index (χ0v) is 27.9. The molecule has 0 aromatic carbocycles. The van der Waals surface area contributed by atoms with Gasteiger partial charge < -0.3 is 20.3 Å². The highest BCUT2D eigenvalue weighted by Gasteiger charge is 2.45. The summed E-state index contributed by atoms with van der Waals surface area (Å²) in [5.41, 5.74) is 0.971. The molecule has 274 valence electrons. The van der Waals surface area contributed by atoms with Gasteiger partial charge in [-0.1, -0.05) is 12.1 Å². The summed E-state index contributed by atoms with van der Waals surface area (Å²) in [5.74, 6) is -6.42. The Labute approximate surface area is 284 Å². The van der Waals surface area contributed by atoms with E-state index in [1.807, 2.05) is 4.90 Å². The van der Waals surface area contributed by atoms with Gasteiger partial charge in [0.15, 0.2) is 11.5 Å². The van der Waals surface area contributed by atoms with Gasteiger partial charge in [-0.25, -0.2) is 22.9 Å². The first-order chi connectivity index (χ1) is 23.8. The third-order valence-corrected chi connectivity index (χ3v) is 9.97. The van der Waals surface area contributed by atoms with Crippen molar-refractivity contribution in [2.45, 2.75) is 70.0 Å². The number of ether oxygens (including phenoxy) is 1. The zero-order valence-electron chi connectivity index (χ0n) is 27.9. The first-order valence-electron chi connectivity index (χ1n) is 16.9. The van der Waals surface area contributed by atoms with Crippen molar-refractivity contribution in [2.24, 2.45) is 17.8 Å². The molecule has 1 saturated carbocycles. The SMILES string of the molecule is CCc1nonc1C(=O)NC(c1cn2nc(C[C@H]3CC(C(F)(F)F)CNC3=O)c(N3CCN(CCOC)CC3)nc2n1)C1CCC(F)(F)CC1. The second-order valence-corrected chi connectivity index (χ2v) is 13.3. The number of carbonyl (C=O) groups is 2. The minimum Gasteiger partial charge on any atom is -0.383 e. The average Bonchev–Trinajstić information content (AvgIpc) is 3.74. The van der Waals surface area contributed by atoms with Crippen LogP contribution in [0.1, 0.15) is 72.6 Å². The number of aromatic nitrogens is 6. The summed E-state index contributed by atoms with van der Waals surface area (Å²) in [6.45, 7) is 5.03. The molecule has 50 heavy (non-hydrogen) atoms. The van der Waals surface area contributed by atoms with Gasteiger partial charge in [-0.05, 0) is 36.8 Å². The predicted molar refractivity (Wildman–Crippen MR) is 166 cm³/mol. The van der Waals surface area contributed by atoms with Crippen molar-refractivity contribution < 1.29 is 40.9 Å². The molecule has 3 fully saturated rings. The zero-order chi connectivity index (χ0) is 35.6. The van der Waals surface area contributed by atoms with Crippen molar-refractivity contribution >= 4 is 23.4 Å². The van der Waals surface area contributed by atoms with Gasteiger partial charge in [-0.2, -0.15) is 23.3 Å². The molecule has 3 aromatic rings. The number of anilines is 1.